The Hall–Kier alpha value is -2.45. The Labute approximate surface area is 234 Å². The molecule has 216 valence electrons. The Kier molecular flexibility index (Phi) is 11.4. The van der Waals surface area contributed by atoms with Gasteiger partial charge in [0, 0.05) is 36.2 Å². The number of β-amino-alcohol motifs (C(OH)–C–C–N with tert-alkyl or cyclic N) is 2. The van der Waals surface area contributed by atoms with Gasteiger partial charge in [-0.15, -0.1) is 0 Å². The Morgan fingerprint density at radius 3 is 1.90 bits per heavy atom. The largest absolute Gasteiger partial charge is 0.497 e. The molecule has 0 aliphatic heterocycles. The molecule has 0 amide bonds. The standard InChI is InChI=1S/C32H48N2O5/c1-31(2,34(19-21-35)20-22-36)29(24-11-15-27(38-4)16-12-24)23-32(3,33-26-9-7-6-8-10-26)30(37)25-13-17-28(39-5)18-14-25/h11-18,26,29,33,35-36H,6-10,19-23H2,1-5H3. The van der Waals surface area contributed by atoms with Crippen LogP contribution in [0, 0.1) is 0 Å². The third-order valence-corrected chi connectivity index (χ3v) is 8.52. The number of carbonyl (C=O) groups excluding carboxylic acids is 1. The van der Waals surface area contributed by atoms with Crippen LogP contribution in [0.25, 0.3) is 0 Å². The maximum atomic E-state index is 14.3. The van der Waals surface area contributed by atoms with Gasteiger partial charge in [-0.1, -0.05) is 31.4 Å². The van der Waals surface area contributed by atoms with Crippen molar-refractivity contribution in [1.82, 2.24) is 10.2 Å². The fourth-order valence-electron chi connectivity index (χ4n) is 6.15. The molecule has 1 fully saturated rings. The highest BCUT2D eigenvalue weighted by atomic mass is 16.5. The van der Waals surface area contributed by atoms with Gasteiger partial charge in [-0.25, -0.2) is 0 Å². The maximum Gasteiger partial charge on any atom is 0.182 e. The van der Waals surface area contributed by atoms with Crippen molar-refractivity contribution in [3.05, 3.63) is 59.7 Å². The van der Waals surface area contributed by atoms with Crippen LogP contribution < -0.4 is 14.8 Å². The van der Waals surface area contributed by atoms with Crippen molar-refractivity contribution in [3.63, 3.8) is 0 Å². The van der Waals surface area contributed by atoms with Crippen LogP contribution in [-0.4, -0.2) is 78.5 Å². The van der Waals surface area contributed by atoms with Crippen LogP contribution in [0.3, 0.4) is 0 Å². The van der Waals surface area contributed by atoms with Crippen molar-refractivity contribution in [1.29, 1.82) is 0 Å². The summed E-state index contributed by atoms with van der Waals surface area (Å²) in [6.07, 6.45) is 6.23. The highest BCUT2D eigenvalue weighted by Gasteiger charge is 2.44. The van der Waals surface area contributed by atoms with Gasteiger partial charge in [-0.05, 0) is 82.0 Å². The first kappa shape index (κ1) is 31.1. The van der Waals surface area contributed by atoms with E-state index in [9.17, 15) is 15.0 Å². The summed E-state index contributed by atoms with van der Waals surface area (Å²) in [5.74, 6) is 1.45. The summed E-state index contributed by atoms with van der Waals surface area (Å²) in [6, 6.07) is 15.7. The van der Waals surface area contributed by atoms with Gasteiger partial charge in [0.2, 0.25) is 0 Å². The van der Waals surface area contributed by atoms with Gasteiger partial charge in [-0.2, -0.15) is 0 Å². The topological polar surface area (TPSA) is 91.3 Å². The molecular weight excluding hydrogens is 492 g/mol. The molecule has 0 aromatic heterocycles. The summed E-state index contributed by atoms with van der Waals surface area (Å²) in [6.45, 7) is 7.17. The molecule has 39 heavy (non-hydrogen) atoms. The number of hydrogen-bond donors (Lipinski definition) is 3. The number of methoxy groups -OCH3 is 2. The molecule has 1 aliphatic rings. The van der Waals surface area contributed by atoms with Crippen LogP contribution in [0.15, 0.2) is 48.5 Å². The first-order valence-corrected chi connectivity index (χ1v) is 14.3. The second kappa shape index (κ2) is 14.3. The number of aliphatic hydroxyl groups excluding tert-OH is 2. The molecule has 0 saturated heterocycles. The molecule has 2 aromatic carbocycles. The van der Waals surface area contributed by atoms with E-state index in [0.717, 1.165) is 29.9 Å². The van der Waals surface area contributed by atoms with Gasteiger partial charge in [-0.3, -0.25) is 9.69 Å². The molecule has 2 atom stereocenters. The number of Topliss-reactive ketones (excluding diaryl/α,β-unsaturated/α-hetero) is 1. The second-order valence-electron chi connectivity index (χ2n) is 11.5. The van der Waals surface area contributed by atoms with Crippen molar-refractivity contribution in [2.45, 2.75) is 82.3 Å². The predicted octanol–water partition coefficient (Wildman–Crippen LogP) is 4.81. The summed E-state index contributed by atoms with van der Waals surface area (Å²) in [7, 11) is 3.27. The molecule has 7 nitrogen and oxygen atoms in total. The van der Waals surface area contributed by atoms with Crippen molar-refractivity contribution in [2.24, 2.45) is 0 Å². The lowest BCUT2D eigenvalue weighted by Gasteiger charge is -2.48. The van der Waals surface area contributed by atoms with Crippen LogP contribution in [0.5, 0.6) is 11.5 Å². The number of ether oxygens (including phenoxy) is 2. The minimum Gasteiger partial charge on any atom is -0.497 e. The van der Waals surface area contributed by atoms with Crippen LogP contribution >= 0.6 is 0 Å². The van der Waals surface area contributed by atoms with Crippen LogP contribution in [-0.2, 0) is 0 Å². The van der Waals surface area contributed by atoms with Gasteiger partial charge in [0.25, 0.3) is 0 Å². The van der Waals surface area contributed by atoms with Gasteiger partial charge in [0.05, 0.1) is 33.0 Å². The number of nitrogens with one attached hydrogen (secondary N) is 1. The van der Waals surface area contributed by atoms with E-state index in [1.807, 2.05) is 43.3 Å². The Morgan fingerprint density at radius 1 is 0.897 bits per heavy atom. The number of benzene rings is 2. The third kappa shape index (κ3) is 7.82. The molecule has 1 aliphatic carbocycles. The predicted molar refractivity (Wildman–Crippen MR) is 156 cm³/mol. The van der Waals surface area contributed by atoms with Crippen LogP contribution in [0.4, 0.5) is 0 Å². The normalized spacial score (nSPS) is 17.0. The first-order valence-electron chi connectivity index (χ1n) is 14.3. The lowest BCUT2D eigenvalue weighted by molar-refractivity contribution is 0.0414. The van der Waals surface area contributed by atoms with E-state index in [1.54, 1.807) is 14.2 Å². The third-order valence-electron chi connectivity index (χ3n) is 8.52. The molecule has 7 heteroatoms. The average Bonchev–Trinajstić information content (AvgIpc) is 2.96. The zero-order chi connectivity index (χ0) is 28.5. The lowest BCUT2D eigenvalue weighted by atomic mass is 9.71. The van der Waals surface area contributed by atoms with Gasteiger partial charge in [0.1, 0.15) is 11.5 Å². The molecule has 2 aromatic rings. The highest BCUT2D eigenvalue weighted by Crippen LogP contribution is 2.41. The minimum atomic E-state index is -0.845. The number of ketones is 1. The van der Waals surface area contributed by atoms with E-state index < -0.39 is 11.1 Å². The zero-order valence-electron chi connectivity index (χ0n) is 24.4. The number of rotatable bonds is 15. The van der Waals surface area contributed by atoms with Crippen LogP contribution in [0.2, 0.25) is 0 Å². The summed E-state index contributed by atoms with van der Waals surface area (Å²) >= 11 is 0. The fourth-order valence-corrected chi connectivity index (χ4v) is 6.15. The molecule has 1 saturated carbocycles. The summed E-state index contributed by atoms with van der Waals surface area (Å²) in [5.41, 5.74) is 0.412. The van der Waals surface area contributed by atoms with Crippen molar-refractivity contribution in [2.75, 3.05) is 40.5 Å². The van der Waals surface area contributed by atoms with Gasteiger partial charge < -0.3 is 25.0 Å². The van der Waals surface area contributed by atoms with E-state index >= 15 is 0 Å². The van der Waals surface area contributed by atoms with Crippen molar-refractivity contribution < 1.29 is 24.5 Å². The quantitative estimate of drug-likeness (QED) is 0.279. The Balaban J connectivity index is 2.08. The monoisotopic (exact) mass is 540 g/mol. The van der Waals surface area contributed by atoms with Crippen molar-refractivity contribution >= 4 is 5.78 Å². The van der Waals surface area contributed by atoms with Gasteiger partial charge >= 0.3 is 0 Å². The Bertz CT molecular complexity index is 1010. The SMILES string of the molecule is COc1ccc(C(=O)C(C)(CC(c2ccc(OC)cc2)C(C)(C)N(CCO)CCO)NC2CCCCC2)cc1. The zero-order valence-corrected chi connectivity index (χ0v) is 24.4. The maximum absolute atomic E-state index is 14.3. The van der Waals surface area contributed by atoms with E-state index in [4.69, 9.17) is 9.47 Å². The number of aliphatic hydroxyl groups is 2. The van der Waals surface area contributed by atoms with E-state index in [-0.39, 0.29) is 31.0 Å². The molecule has 3 N–H and O–H groups in total. The number of carbonyl (C=O) groups is 1. The molecule has 3 rings (SSSR count). The second-order valence-corrected chi connectivity index (χ2v) is 11.5. The number of hydrogen-bond acceptors (Lipinski definition) is 7. The molecule has 0 heterocycles. The van der Waals surface area contributed by atoms with E-state index in [2.05, 4.69) is 36.2 Å². The van der Waals surface area contributed by atoms with Crippen LogP contribution in [0.1, 0.15) is 81.1 Å². The van der Waals surface area contributed by atoms with Crippen molar-refractivity contribution in [3.8, 4) is 11.5 Å². The van der Waals surface area contributed by atoms with E-state index in [1.165, 1.54) is 19.3 Å². The summed E-state index contributed by atoms with van der Waals surface area (Å²) < 4.78 is 10.8. The first-order chi connectivity index (χ1) is 18.7. The highest BCUT2D eigenvalue weighted by molar-refractivity contribution is 6.03. The molecule has 0 bridgehead atoms. The Morgan fingerprint density at radius 2 is 1.41 bits per heavy atom. The average molecular weight is 541 g/mol. The van der Waals surface area contributed by atoms with E-state index in [0.29, 0.717) is 25.1 Å². The fraction of sp³-hybridized carbons (Fsp3) is 0.594. The summed E-state index contributed by atoms with van der Waals surface area (Å²) in [4.78, 5) is 16.5. The molecular formula is C32H48N2O5. The molecule has 0 radical (unpaired) electrons. The number of nitrogens with zero attached hydrogens (tertiary/aromatic N) is 1. The summed E-state index contributed by atoms with van der Waals surface area (Å²) in [5, 5.41) is 23.6. The smallest absolute Gasteiger partial charge is 0.182 e. The van der Waals surface area contributed by atoms with Gasteiger partial charge in [0.15, 0.2) is 5.78 Å². The lowest BCUT2D eigenvalue weighted by Crippen LogP contribution is -2.58. The molecule has 2 unspecified atom stereocenters. The minimum absolute atomic E-state index is 0.0128. The molecule has 0 spiro atoms.